The van der Waals surface area contributed by atoms with Crippen LogP contribution in [0.25, 0.3) is 0 Å². The summed E-state index contributed by atoms with van der Waals surface area (Å²) >= 11 is 0. The van der Waals surface area contributed by atoms with Crippen LogP contribution in [0.3, 0.4) is 0 Å². The van der Waals surface area contributed by atoms with Gasteiger partial charge in [0.05, 0.1) is 24.3 Å². The van der Waals surface area contributed by atoms with E-state index in [-0.39, 0.29) is 0 Å². The molecule has 0 saturated carbocycles. The minimum atomic E-state index is 0.319. The second-order valence-corrected chi connectivity index (χ2v) is 4.01. The van der Waals surface area contributed by atoms with Gasteiger partial charge in [-0.15, -0.1) is 0 Å². The Labute approximate surface area is 96.2 Å². The molecule has 1 saturated heterocycles. The van der Waals surface area contributed by atoms with Crippen LogP contribution in [0, 0.1) is 11.3 Å². The quantitative estimate of drug-likeness (QED) is 0.760. The molecule has 84 valence electrons. The van der Waals surface area contributed by atoms with E-state index in [1.54, 1.807) is 0 Å². The van der Waals surface area contributed by atoms with Gasteiger partial charge in [-0.3, -0.25) is 0 Å². The lowest BCUT2D eigenvalue weighted by molar-refractivity contribution is 0.0384. The SMILES string of the molecule is CCC1CN(c2cccc(C#N)c2)CCO1. The number of hydrogen-bond acceptors (Lipinski definition) is 3. The van der Waals surface area contributed by atoms with Gasteiger partial charge in [0, 0.05) is 18.8 Å². The zero-order chi connectivity index (χ0) is 11.4. The Morgan fingerprint density at radius 1 is 1.56 bits per heavy atom. The molecule has 1 aromatic rings. The molecule has 1 aliphatic heterocycles. The van der Waals surface area contributed by atoms with E-state index < -0.39 is 0 Å². The summed E-state index contributed by atoms with van der Waals surface area (Å²) in [6.07, 6.45) is 1.36. The number of hydrogen-bond donors (Lipinski definition) is 0. The summed E-state index contributed by atoms with van der Waals surface area (Å²) in [5.41, 5.74) is 1.85. The number of morpholine rings is 1. The first-order chi connectivity index (χ1) is 7.83. The molecule has 1 heterocycles. The second-order valence-electron chi connectivity index (χ2n) is 4.01. The third-order valence-electron chi connectivity index (χ3n) is 2.93. The molecule has 0 aromatic heterocycles. The molecule has 1 aromatic carbocycles. The lowest BCUT2D eigenvalue weighted by Crippen LogP contribution is -2.42. The average Bonchev–Trinajstić information content (AvgIpc) is 2.39. The number of rotatable bonds is 2. The molecular formula is C13H16N2O. The van der Waals surface area contributed by atoms with Crippen LogP contribution < -0.4 is 4.90 Å². The van der Waals surface area contributed by atoms with Gasteiger partial charge in [0.25, 0.3) is 0 Å². The minimum Gasteiger partial charge on any atom is -0.375 e. The van der Waals surface area contributed by atoms with E-state index in [9.17, 15) is 0 Å². The molecule has 16 heavy (non-hydrogen) atoms. The average molecular weight is 216 g/mol. The maximum absolute atomic E-state index is 8.87. The molecule has 0 spiro atoms. The van der Waals surface area contributed by atoms with Gasteiger partial charge in [0.15, 0.2) is 0 Å². The van der Waals surface area contributed by atoms with E-state index in [0.29, 0.717) is 6.10 Å². The van der Waals surface area contributed by atoms with Crippen molar-refractivity contribution in [2.75, 3.05) is 24.6 Å². The van der Waals surface area contributed by atoms with Crippen LogP contribution >= 0.6 is 0 Å². The van der Waals surface area contributed by atoms with Crippen molar-refractivity contribution in [2.45, 2.75) is 19.4 Å². The largest absolute Gasteiger partial charge is 0.375 e. The van der Waals surface area contributed by atoms with Crippen LogP contribution in [-0.4, -0.2) is 25.8 Å². The third-order valence-corrected chi connectivity index (χ3v) is 2.93. The number of anilines is 1. The zero-order valence-corrected chi connectivity index (χ0v) is 9.52. The summed E-state index contributed by atoms with van der Waals surface area (Å²) in [5, 5.41) is 8.87. The fourth-order valence-corrected chi connectivity index (χ4v) is 1.97. The van der Waals surface area contributed by atoms with E-state index >= 15 is 0 Å². The van der Waals surface area contributed by atoms with Gasteiger partial charge >= 0.3 is 0 Å². The molecule has 3 nitrogen and oxygen atoms in total. The fourth-order valence-electron chi connectivity index (χ4n) is 1.97. The van der Waals surface area contributed by atoms with E-state index in [1.807, 2.05) is 18.2 Å². The lowest BCUT2D eigenvalue weighted by Gasteiger charge is -2.34. The first-order valence-electron chi connectivity index (χ1n) is 5.70. The Balaban J connectivity index is 2.14. The van der Waals surface area contributed by atoms with Crippen molar-refractivity contribution in [2.24, 2.45) is 0 Å². The lowest BCUT2D eigenvalue weighted by atomic mass is 10.1. The molecule has 1 atom stereocenters. The molecule has 2 rings (SSSR count). The second kappa shape index (κ2) is 5.00. The van der Waals surface area contributed by atoms with Crippen molar-refractivity contribution in [3.05, 3.63) is 29.8 Å². The molecule has 0 radical (unpaired) electrons. The van der Waals surface area contributed by atoms with Crippen LogP contribution in [0.15, 0.2) is 24.3 Å². The summed E-state index contributed by atoms with van der Waals surface area (Å²) in [7, 11) is 0. The minimum absolute atomic E-state index is 0.319. The number of nitriles is 1. The maximum Gasteiger partial charge on any atom is 0.0992 e. The maximum atomic E-state index is 8.87. The van der Waals surface area contributed by atoms with E-state index in [4.69, 9.17) is 10.00 Å². The van der Waals surface area contributed by atoms with E-state index in [2.05, 4.69) is 24.0 Å². The highest BCUT2D eigenvalue weighted by Gasteiger charge is 2.19. The van der Waals surface area contributed by atoms with Gasteiger partial charge in [-0.1, -0.05) is 13.0 Å². The van der Waals surface area contributed by atoms with Crippen LogP contribution in [0.4, 0.5) is 5.69 Å². The molecule has 0 bridgehead atoms. The molecular weight excluding hydrogens is 200 g/mol. The van der Waals surface area contributed by atoms with Crippen molar-refractivity contribution in [1.82, 2.24) is 0 Å². The highest BCUT2D eigenvalue weighted by Crippen LogP contribution is 2.19. The van der Waals surface area contributed by atoms with Gasteiger partial charge in [-0.2, -0.15) is 5.26 Å². The Morgan fingerprint density at radius 2 is 2.44 bits per heavy atom. The van der Waals surface area contributed by atoms with Crippen molar-refractivity contribution in [3.8, 4) is 6.07 Å². The smallest absolute Gasteiger partial charge is 0.0992 e. The van der Waals surface area contributed by atoms with E-state index in [1.165, 1.54) is 0 Å². The van der Waals surface area contributed by atoms with Gasteiger partial charge in [0.1, 0.15) is 0 Å². The highest BCUT2D eigenvalue weighted by molar-refractivity contribution is 5.51. The highest BCUT2D eigenvalue weighted by atomic mass is 16.5. The first kappa shape index (κ1) is 11.0. The molecule has 3 heteroatoms. The third kappa shape index (κ3) is 2.34. The van der Waals surface area contributed by atoms with Gasteiger partial charge in [0.2, 0.25) is 0 Å². The molecule has 1 unspecified atom stereocenters. The number of benzene rings is 1. The van der Waals surface area contributed by atoms with Crippen LogP contribution in [-0.2, 0) is 4.74 Å². The summed E-state index contributed by atoms with van der Waals surface area (Å²) in [4.78, 5) is 2.29. The topological polar surface area (TPSA) is 36.3 Å². The monoisotopic (exact) mass is 216 g/mol. The molecule has 1 fully saturated rings. The summed E-state index contributed by atoms with van der Waals surface area (Å²) < 4.78 is 5.63. The van der Waals surface area contributed by atoms with Gasteiger partial charge in [-0.25, -0.2) is 0 Å². The first-order valence-corrected chi connectivity index (χ1v) is 5.70. The van der Waals surface area contributed by atoms with Gasteiger partial charge < -0.3 is 9.64 Å². The normalized spacial score (nSPS) is 20.5. The van der Waals surface area contributed by atoms with Crippen molar-refractivity contribution < 1.29 is 4.74 Å². The Hall–Kier alpha value is -1.53. The predicted molar refractivity (Wildman–Crippen MR) is 63.4 cm³/mol. The van der Waals surface area contributed by atoms with Gasteiger partial charge in [-0.05, 0) is 24.6 Å². The Morgan fingerprint density at radius 3 is 3.19 bits per heavy atom. The van der Waals surface area contributed by atoms with E-state index in [0.717, 1.165) is 37.4 Å². The fraction of sp³-hybridized carbons (Fsp3) is 0.462. The molecule has 1 aliphatic rings. The summed E-state index contributed by atoms with van der Waals surface area (Å²) in [6.45, 7) is 4.74. The molecule has 0 amide bonds. The number of ether oxygens (including phenoxy) is 1. The zero-order valence-electron chi connectivity index (χ0n) is 9.52. The van der Waals surface area contributed by atoms with Crippen molar-refractivity contribution in [1.29, 1.82) is 5.26 Å². The van der Waals surface area contributed by atoms with Crippen LogP contribution in [0.5, 0.6) is 0 Å². The van der Waals surface area contributed by atoms with Crippen LogP contribution in [0.2, 0.25) is 0 Å². The summed E-state index contributed by atoms with van der Waals surface area (Å²) in [5.74, 6) is 0. The molecule has 0 aliphatic carbocycles. The number of nitrogens with zero attached hydrogens (tertiary/aromatic N) is 2. The van der Waals surface area contributed by atoms with Crippen molar-refractivity contribution in [3.63, 3.8) is 0 Å². The Kier molecular flexibility index (Phi) is 3.43. The van der Waals surface area contributed by atoms with Crippen LogP contribution in [0.1, 0.15) is 18.9 Å². The Bertz CT molecular complexity index is 397. The summed E-state index contributed by atoms with van der Waals surface area (Å²) in [6, 6.07) is 9.94. The predicted octanol–water partition coefficient (Wildman–Crippen LogP) is 2.17. The van der Waals surface area contributed by atoms with Crippen molar-refractivity contribution >= 4 is 5.69 Å². The standard InChI is InChI=1S/C13H16N2O/c1-2-13-10-15(6-7-16-13)12-5-3-4-11(8-12)9-14/h3-5,8,13H,2,6-7,10H2,1H3. The molecule has 0 N–H and O–H groups in total.